The van der Waals surface area contributed by atoms with Crippen molar-refractivity contribution in [2.24, 2.45) is 11.8 Å². The van der Waals surface area contributed by atoms with E-state index in [0.717, 1.165) is 5.57 Å². The van der Waals surface area contributed by atoms with Gasteiger partial charge in [0, 0.05) is 18.3 Å². The number of nitrogens with zero attached hydrogens (tertiary/aromatic N) is 2. The van der Waals surface area contributed by atoms with Crippen LogP contribution in [0.2, 0.25) is 0 Å². The molecule has 2 aliphatic rings. The Kier molecular flexibility index (Phi) is 7.33. The highest BCUT2D eigenvalue weighted by Gasteiger charge is 2.36. The summed E-state index contributed by atoms with van der Waals surface area (Å²) in [4.78, 5) is 38.4. The zero-order valence-electron chi connectivity index (χ0n) is 18.3. The van der Waals surface area contributed by atoms with E-state index in [4.69, 9.17) is 14.7 Å². The Bertz CT molecular complexity index is 1180. The lowest BCUT2D eigenvalue weighted by Gasteiger charge is -2.20. The zero-order chi connectivity index (χ0) is 24.2. The van der Waals surface area contributed by atoms with E-state index in [-0.39, 0.29) is 53.2 Å². The first-order chi connectivity index (χ1) is 15.7. The molecule has 0 N–H and O–H groups in total. The van der Waals surface area contributed by atoms with Gasteiger partial charge in [0.25, 0.3) is 0 Å². The summed E-state index contributed by atoms with van der Waals surface area (Å²) in [6, 6.07) is 5.98. The Morgan fingerprint density at radius 1 is 1.27 bits per heavy atom. The summed E-state index contributed by atoms with van der Waals surface area (Å²) < 4.78 is 35.3. The molecule has 174 valence electrons. The number of esters is 1. The number of nitriles is 1. The first-order valence-electron chi connectivity index (χ1n) is 10.5. The van der Waals surface area contributed by atoms with Crippen molar-refractivity contribution in [3.8, 4) is 11.8 Å². The molecule has 33 heavy (non-hydrogen) atoms. The van der Waals surface area contributed by atoms with Gasteiger partial charge in [-0.3, -0.25) is 9.59 Å². The van der Waals surface area contributed by atoms with Crippen molar-refractivity contribution in [1.82, 2.24) is 4.90 Å². The minimum Gasteiger partial charge on any atom is -0.481 e. The topological polar surface area (TPSA) is 131 Å². The van der Waals surface area contributed by atoms with Crippen LogP contribution in [0.5, 0.6) is 5.75 Å². The van der Waals surface area contributed by atoms with Crippen LogP contribution < -0.4 is 4.74 Å². The van der Waals surface area contributed by atoms with Gasteiger partial charge in [0.15, 0.2) is 28.0 Å². The largest absolute Gasteiger partial charge is 0.481 e. The van der Waals surface area contributed by atoms with Gasteiger partial charge < -0.3 is 14.4 Å². The molecular weight excluding hydrogens is 448 g/mol. The summed E-state index contributed by atoms with van der Waals surface area (Å²) in [5.41, 5.74) is 0.909. The molecule has 1 heterocycles. The Balaban J connectivity index is 1.77. The van der Waals surface area contributed by atoms with Crippen LogP contribution in [0.25, 0.3) is 0 Å². The van der Waals surface area contributed by atoms with E-state index in [1.807, 2.05) is 6.07 Å². The van der Waals surface area contributed by atoms with E-state index in [2.05, 4.69) is 0 Å². The Hall–Kier alpha value is -3.45. The zero-order valence-corrected chi connectivity index (χ0v) is 19.1. The van der Waals surface area contributed by atoms with Crippen LogP contribution in [0.1, 0.15) is 24.2 Å². The fourth-order valence-corrected chi connectivity index (χ4v) is 4.71. The minimum atomic E-state index is -3.75. The van der Waals surface area contributed by atoms with Gasteiger partial charge in [0.1, 0.15) is 16.6 Å². The van der Waals surface area contributed by atoms with Crippen LogP contribution in [0.4, 0.5) is 0 Å². The van der Waals surface area contributed by atoms with Gasteiger partial charge in [-0.2, -0.15) is 5.26 Å². The second-order valence-corrected chi connectivity index (χ2v) is 9.81. The maximum absolute atomic E-state index is 12.9. The highest BCUT2D eigenvalue weighted by Crippen LogP contribution is 2.31. The fourth-order valence-electron chi connectivity index (χ4n) is 3.66. The number of allylic oxidation sites excluding steroid dienone is 2. The van der Waals surface area contributed by atoms with Crippen molar-refractivity contribution >= 4 is 27.4 Å². The van der Waals surface area contributed by atoms with Gasteiger partial charge in [-0.25, -0.2) is 13.2 Å². The summed E-state index contributed by atoms with van der Waals surface area (Å²) in [5, 5.41) is 9.08. The van der Waals surface area contributed by atoms with Gasteiger partial charge in [-0.15, -0.1) is 0 Å². The first-order valence-corrected chi connectivity index (χ1v) is 12.1. The maximum atomic E-state index is 12.9. The molecule has 1 aliphatic carbocycles. The number of Topliss-reactive ketones (excluding diaryl/α,β-unsaturated/α-hetero) is 2. The number of ether oxygens (including phenoxy) is 2. The number of ketones is 2. The molecule has 0 aromatic heterocycles. The molecule has 1 aromatic carbocycles. The number of benzene rings is 1. The third kappa shape index (κ3) is 5.31. The third-order valence-corrected chi connectivity index (χ3v) is 7.15. The third-order valence-electron chi connectivity index (χ3n) is 5.40. The molecule has 2 unspecified atom stereocenters. The van der Waals surface area contributed by atoms with Gasteiger partial charge >= 0.3 is 5.97 Å². The van der Waals surface area contributed by atoms with E-state index >= 15 is 0 Å². The summed E-state index contributed by atoms with van der Waals surface area (Å²) >= 11 is 0. The number of carbonyl (C=O) groups excluding carboxylic acids is 3. The molecule has 1 aromatic rings. The van der Waals surface area contributed by atoms with Gasteiger partial charge in [-0.1, -0.05) is 19.1 Å². The molecule has 0 saturated heterocycles. The smallest absolute Gasteiger partial charge is 0.344 e. The van der Waals surface area contributed by atoms with Crippen LogP contribution in [-0.2, 0) is 24.2 Å². The molecule has 0 spiro atoms. The van der Waals surface area contributed by atoms with E-state index < -0.39 is 34.2 Å². The van der Waals surface area contributed by atoms with Crippen molar-refractivity contribution in [2.45, 2.75) is 18.7 Å². The monoisotopic (exact) mass is 472 g/mol. The van der Waals surface area contributed by atoms with Crippen molar-refractivity contribution in [3.63, 3.8) is 0 Å². The molecule has 2 atom stereocenters. The normalized spacial score (nSPS) is 19.5. The van der Waals surface area contributed by atoms with E-state index in [9.17, 15) is 22.8 Å². The molecule has 10 heteroatoms. The van der Waals surface area contributed by atoms with Crippen LogP contribution in [-0.4, -0.2) is 62.9 Å². The maximum Gasteiger partial charge on any atom is 0.344 e. The molecular formula is C23H24N2O7S. The van der Waals surface area contributed by atoms with Crippen molar-refractivity contribution in [2.75, 3.05) is 32.1 Å². The Morgan fingerprint density at radius 3 is 2.70 bits per heavy atom. The number of hydrogen-bond donors (Lipinski definition) is 0. The lowest BCUT2D eigenvalue weighted by Crippen LogP contribution is -2.31. The highest BCUT2D eigenvalue weighted by molar-refractivity contribution is 7.91. The molecule has 0 amide bonds. The minimum absolute atomic E-state index is 0.0333. The molecule has 9 nitrogen and oxygen atoms in total. The molecule has 3 rings (SSSR count). The quantitative estimate of drug-likeness (QED) is 0.389. The Morgan fingerprint density at radius 2 is 2.03 bits per heavy atom. The number of fused-ring (bicyclic) bond motifs is 1. The average molecular weight is 473 g/mol. The molecule has 1 aliphatic heterocycles. The number of carbonyl (C=O) groups is 3. The van der Waals surface area contributed by atoms with Crippen LogP contribution in [0, 0.1) is 23.2 Å². The van der Waals surface area contributed by atoms with Crippen LogP contribution in [0.15, 0.2) is 47.0 Å². The van der Waals surface area contributed by atoms with Gasteiger partial charge in [0.2, 0.25) is 0 Å². The number of sulfone groups is 1. The second-order valence-electron chi connectivity index (χ2n) is 7.56. The summed E-state index contributed by atoms with van der Waals surface area (Å²) in [7, 11) is -3.75. The van der Waals surface area contributed by atoms with Gasteiger partial charge in [-0.05, 0) is 30.7 Å². The van der Waals surface area contributed by atoms with E-state index in [1.165, 1.54) is 25.1 Å². The molecule has 0 fully saturated rings. The lowest BCUT2D eigenvalue weighted by atomic mass is 9.84. The fraction of sp³-hybridized carbons (Fsp3) is 0.391. The summed E-state index contributed by atoms with van der Waals surface area (Å²) in [6.45, 7) is 3.04. The molecule has 0 radical (unpaired) electrons. The second kappa shape index (κ2) is 10.0. The van der Waals surface area contributed by atoms with Crippen molar-refractivity contribution in [3.05, 3.63) is 47.7 Å². The van der Waals surface area contributed by atoms with E-state index in [1.54, 1.807) is 30.2 Å². The predicted molar refractivity (Wildman–Crippen MR) is 117 cm³/mol. The number of hydrogen-bond acceptors (Lipinski definition) is 9. The van der Waals surface area contributed by atoms with Crippen LogP contribution in [0.3, 0.4) is 0 Å². The SMILES string of the molecule is CCOC(=O)COc1ccc(C(=O)CN2C=C3C=CC(C#N)C(=O)C3C2)cc1S(=O)(=O)CC. The van der Waals surface area contributed by atoms with Crippen molar-refractivity contribution in [1.29, 1.82) is 5.26 Å². The first kappa shape index (κ1) is 24.2. The van der Waals surface area contributed by atoms with E-state index in [0.29, 0.717) is 0 Å². The van der Waals surface area contributed by atoms with Gasteiger partial charge in [0.05, 0.1) is 30.9 Å². The Labute approximate surface area is 192 Å². The lowest BCUT2D eigenvalue weighted by molar-refractivity contribution is -0.145. The summed E-state index contributed by atoms with van der Waals surface area (Å²) in [5.74, 6) is -2.66. The molecule has 0 bridgehead atoms. The van der Waals surface area contributed by atoms with Crippen LogP contribution >= 0.6 is 0 Å². The highest BCUT2D eigenvalue weighted by atomic mass is 32.2. The number of rotatable bonds is 9. The average Bonchev–Trinajstić information content (AvgIpc) is 3.21. The van der Waals surface area contributed by atoms with Crippen molar-refractivity contribution < 1.29 is 32.3 Å². The predicted octanol–water partition coefficient (Wildman–Crippen LogP) is 1.70. The molecule has 0 saturated carbocycles. The standard InChI is InChI=1S/C23H24N2O7S/c1-3-31-22(27)14-32-20-8-7-15(9-21(20)33(29,30)4-2)19(26)13-25-11-17-6-5-16(10-24)23(28)18(17)12-25/h5-9,11,16,18H,3-4,12-14H2,1-2H3. The summed E-state index contributed by atoms with van der Waals surface area (Å²) in [6.07, 6.45) is 4.99.